The Morgan fingerprint density at radius 3 is 2.45 bits per heavy atom. The Hall–Kier alpha value is -3.86. The van der Waals surface area contributed by atoms with Gasteiger partial charge >= 0.3 is 0 Å². The smallest absolute Gasteiger partial charge is 0.224 e. The number of aliphatic imine (C=N–C) groups is 1. The average molecular weight is 410 g/mol. The lowest BCUT2D eigenvalue weighted by atomic mass is 9.96. The van der Waals surface area contributed by atoms with Crippen LogP contribution in [0.15, 0.2) is 77.3 Å². The van der Waals surface area contributed by atoms with Crippen LogP contribution in [-0.4, -0.2) is 32.4 Å². The maximum atomic E-state index is 12.6. The van der Waals surface area contributed by atoms with Crippen LogP contribution in [0.5, 0.6) is 11.5 Å². The van der Waals surface area contributed by atoms with Gasteiger partial charge in [0.05, 0.1) is 37.9 Å². The lowest BCUT2D eigenvalue weighted by Gasteiger charge is -2.22. The number of hydrogen-bond donors (Lipinski definition) is 0. The number of benzene rings is 3. The molecule has 0 saturated heterocycles. The molecule has 0 radical (unpaired) electrons. The molecule has 1 aliphatic heterocycles. The summed E-state index contributed by atoms with van der Waals surface area (Å²) in [6.45, 7) is 2.04. The lowest BCUT2D eigenvalue weighted by molar-refractivity contribution is -0.116. The number of ether oxygens (including phenoxy) is 2. The first-order chi connectivity index (χ1) is 15.1. The zero-order chi connectivity index (χ0) is 21.5. The van der Waals surface area contributed by atoms with Crippen LogP contribution >= 0.6 is 0 Å². The van der Waals surface area contributed by atoms with Crippen molar-refractivity contribution < 1.29 is 14.3 Å². The topological polar surface area (TPSA) is 51.1 Å². The molecule has 0 saturated carbocycles. The molecule has 0 N–H and O–H groups in total. The zero-order valence-corrected chi connectivity index (χ0v) is 17.7. The van der Waals surface area contributed by atoms with E-state index >= 15 is 0 Å². The number of amides is 1. The van der Waals surface area contributed by atoms with Crippen molar-refractivity contribution in [2.24, 2.45) is 4.99 Å². The van der Waals surface area contributed by atoms with E-state index in [0.717, 1.165) is 56.4 Å². The quantitative estimate of drug-likeness (QED) is 0.610. The Bertz CT molecular complexity index is 1270. The molecule has 154 valence electrons. The van der Waals surface area contributed by atoms with Gasteiger partial charge < -0.3 is 14.4 Å². The molecule has 1 amide bonds. The predicted molar refractivity (Wildman–Crippen MR) is 123 cm³/mol. The summed E-state index contributed by atoms with van der Waals surface area (Å²) in [6.07, 6.45) is 0. The van der Waals surface area contributed by atoms with Crippen LogP contribution in [0.3, 0.4) is 0 Å². The van der Waals surface area contributed by atoms with Gasteiger partial charge in [0.2, 0.25) is 5.91 Å². The highest BCUT2D eigenvalue weighted by atomic mass is 16.5. The van der Waals surface area contributed by atoms with Crippen molar-refractivity contribution in [3.05, 3.63) is 89.0 Å². The van der Waals surface area contributed by atoms with Gasteiger partial charge in [-0.15, -0.1) is 0 Å². The second-order valence-electron chi connectivity index (χ2n) is 7.55. The van der Waals surface area contributed by atoms with Crippen molar-refractivity contribution in [2.45, 2.75) is 6.92 Å². The van der Waals surface area contributed by atoms with Crippen LogP contribution in [0.25, 0.3) is 5.57 Å². The summed E-state index contributed by atoms with van der Waals surface area (Å²) in [4.78, 5) is 19.5. The number of anilines is 1. The standard InChI is InChI=1S/C26H22N2O3/c1-16(29)28-15-22-25(17-7-6-8-18(13-17)30-2)21-14-19(31-3)11-12-20(21)26(22)27-23-9-4-5-10-24(23)28/h4-14H,15H2,1-3H3. The molecule has 31 heavy (non-hydrogen) atoms. The van der Waals surface area contributed by atoms with E-state index in [2.05, 4.69) is 6.07 Å². The van der Waals surface area contributed by atoms with Crippen LogP contribution in [0.1, 0.15) is 23.6 Å². The molecule has 2 aliphatic rings. The molecule has 0 spiro atoms. The Balaban J connectivity index is 1.82. The summed E-state index contributed by atoms with van der Waals surface area (Å²) in [7, 11) is 3.33. The van der Waals surface area contributed by atoms with Crippen molar-refractivity contribution in [1.82, 2.24) is 0 Å². The van der Waals surface area contributed by atoms with E-state index in [1.165, 1.54) is 0 Å². The summed E-state index contributed by atoms with van der Waals surface area (Å²) in [6, 6.07) is 21.8. The van der Waals surface area contributed by atoms with E-state index in [-0.39, 0.29) is 5.91 Å². The highest BCUT2D eigenvalue weighted by Gasteiger charge is 2.34. The molecular formula is C26H22N2O3. The Morgan fingerprint density at radius 1 is 0.903 bits per heavy atom. The van der Waals surface area contributed by atoms with Gasteiger partial charge in [-0.05, 0) is 59.2 Å². The SMILES string of the molecule is COc1cccc(C2=C3CN(C(C)=O)c4ccccc4N=C3c3ccc(OC)cc32)c1. The minimum absolute atomic E-state index is 0.0186. The fraction of sp³-hybridized carbons (Fsp3) is 0.154. The Labute approximate surface area is 181 Å². The van der Waals surface area contributed by atoms with Crippen molar-refractivity contribution in [1.29, 1.82) is 0 Å². The van der Waals surface area contributed by atoms with Crippen LogP contribution in [0, 0.1) is 0 Å². The van der Waals surface area contributed by atoms with Gasteiger partial charge in [0, 0.05) is 18.1 Å². The Kier molecular flexibility index (Phi) is 4.59. The number of rotatable bonds is 3. The third kappa shape index (κ3) is 3.10. The first-order valence-electron chi connectivity index (χ1n) is 10.1. The molecule has 5 rings (SSSR count). The van der Waals surface area contributed by atoms with E-state index in [1.54, 1.807) is 26.0 Å². The summed E-state index contributed by atoms with van der Waals surface area (Å²) in [5.41, 5.74) is 7.67. The normalized spacial score (nSPS) is 14.3. The first kappa shape index (κ1) is 19.1. The van der Waals surface area contributed by atoms with Crippen molar-refractivity contribution in [3.63, 3.8) is 0 Å². The van der Waals surface area contributed by atoms with Crippen LogP contribution in [0.4, 0.5) is 11.4 Å². The minimum Gasteiger partial charge on any atom is -0.497 e. The van der Waals surface area contributed by atoms with Crippen molar-refractivity contribution >= 4 is 28.6 Å². The van der Waals surface area contributed by atoms with E-state index in [0.29, 0.717) is 6.54 Å². The molecule has 1 heterocycles. The first-order valence-corrected chi connectivity index (χ1v) is 10.1. The van der Waals surface area contributed by atoms with Gasteiger partial charge in [-0.25, -0.2) is 4.99 Å². The third-order valence-electron chi connectivity index (χ3n) is 5.80. The molecule has 0 bridgehead atoms. The summed E-state index contributed by atoms with van der Waals surface area (Å²) in [5, 5.41) is 0. The predicted octanol–water partition coefficient (Wildman–Crippen LogP) is 5.01. The van der Waals surface area contributed by atoms with Gasteiger partial charge in [0.25, 0.3) is 0 Å². The Morgan fingerprint density at radius 2 is 1.68 bits per heavy atom. The average Bonchev–Trinajstić information content (AvgIpc) is 2.98. The van der Waals surface area contributed by atoms with Crippen LogP contribution in [0.2, 0.25) is 0 Å². The van der Waals surface area contributed by atoms with Gasteiger partial charge in [0.1, 0.15) is 11.5 Å². The van der Waals surface area contributed by atoms with Crippen LogP contribution in [-0.2, 0) is 4.79 Å². The molecule has 5 nitrogen and oxygen atoms in total. The second kappa shape index (κ2) is 7.43. The van der Waals surface area contributed by atoms with Crippen molar-refractivity contribution in [2.75, 3.05) is 25.7 Å². The van der Waals surface area contributed by atoms with Gasteiger partial charge in [-0.1, -0.05) is 24.3 Å². The zero-order valence-electron chi connectivity index (χ0n) is 17.7. The van der Waals surface area contributed by atoms with E-state index in [4.69, 9.17) is 14.5 Å². The van der Waals surface area contributed by atoms with E-state index in [9.17, 15) is 4.79 Å². The third-order valence-corrected chi connectivity index (χ3v) is 5.80. The summed E-state index contributed by atoms with van der Waals surface area (Å²) in [5.74, 6) is 1.54. The molecule has 1 aliphatic carbocycles. The number of fused-ring (bicyclic) bond motifs is 4. The highest BCUT2D eigenvalue weighted by Crippen LogP contribution is 2.44. The summed E-state index contributed by atoms with van der Waals surface area (Å²) < 4.78 is 11.0. The molecule has 0 unspecified atom stereocenters. The minimum atomic E-state index is -0.0186. The van der Waals surface area contributed by atoms with Gasteiger partial charge in [-0.2, -0.15) is 0 Å². The monoisotopic (exact) mass is 410 g/mol. The molecule has 0 aromatic heterocycles. The molecular weight excluding hydrogens is 388 g/mol. The summed E-state index contributed by atoms with van der Waals surface area (Å²) >= 11 is 0. The van der Waals surface area contributed by atoms with Crippen molar-refractivity contribution in [3.8, 4) is 11.5 Å². The molecule has 0 fully saturated rings. The number of para-hydroxylation sites is 2. The highest BCUT2D eigenvalue weighted by molar-refractivity contribution is 6.28. The molecule has 3 aromatic rings. The number of hydrogen-bond acceptors (Lipinski definition) is 4. The van der Waals surface area contributed by atoms with E-state index in [1.807, 2.05) is 60.7 Å². The lowest BCUT2D eigenvalue weighted by Crippen LogP contribution is -2.31. The number of carbonyl (C=O) groups is 1. The van der Waals surface area contributed by atoms with Crippen LogP contribution < -0.4 is 14.4 Å². The molecule has 3 aromatic carbocycles. The van der Waals surface area contributed by atoms with E-state index < -0.39 is 0 Å². The number of nitrogens with zero attached hydrogens (tertiary/aromatic N) is 2. The number of methoxy groups -OCH3 is 2. The fourth-order valence-electron chi connectivity index (χ4n) is 4.33. The number of carbonyl (C=O) groups excluding carboxylic acids is 1. The fourth-order valence-corrected chi connectivity index (χ4v) is 4.33. The maximum Gasteiger partial charge on any atom is 0.224 e. The molecule has 0 atom stereocenters. The second-order valence-corrected chi connectivity index (χ2v) is 7.55. The molecule has 5 heteroatoms. The van der Waals surface area contributed by atoms with Gasteiger partial charge in [0.15, 0.2) is 0 Å². The van der Waals surface area contributed by atoms with Gasteiger partial charge in [-0.3, -0.25) is 4.79 Å². The maximum absolute atomic E-state index is 12.6. The largest absolute Gasteiger partial charge is 0.497 e.